The van der Waals surface area contributed by atoms with Gasteiger partial charge in [-0.2, -0.15) is 0 Å². The summed E-state index contributed by atoms with van der Waals surface area (Å²) in [5, 5.41) is 3.30. The molecule has 0 bridgehead atoms. The summed E-state index contributed by atoms with van der Waals surface area (Å²) in [5.41, 5.74) is 0.342. The molecule has 0 saturated heterocycles. The summed E-state index contributed by atoms with van der Waals surface area (Å²) in [6.45, 7) is 3.70. The van der Waals surface area contributed by atoms with Crippen LogP contribution in [-0.2, 0) is 6.54 Å². The highest BCUT2D eigenvalue weighted by molar-refractivity contribution is 5.89. The van der Waals surface area contributed by atoms with Crippen molar-refractivity contribution >= 4 is 22.7 Å². The number of hydrogen-bond donors (Lipinski definition) is 1. The number of fused-ring (bicyclic) bond motifs is 1. The van der Waals surface area contributed by atoms with Gasteiger partial charge in [-0.1, -0.05) is 0 Å². The third kappa shape index (κ3) is 5.89. The highest BCUT2D eigenvalue weighted by Crippen LogP contribution is 2.37. The molecule has 12 heteroatoms. The van der Waals surface area contributed by atoms with E-state index in [4.69, 9.17) is 18.9 Å². The number of hydrogen-bond acceptors (Lipinski definition) is 8. The molecule has 0 saturated carbocycles. The summed E-state index contributed by atoms with van der Waals surface area (Å²) < 4.78 is 37.7. The summed E-state index contributed by atoms with van der Waals surface area (Å²) in [6.07, 6.45) is 1.84. The molecule has 11 nitrogen and oxygen atoms in total. The molecule has 43 heavy (non-hydrogen) atoms. The van der Waals surface area contributed by atoms with Crippen LogP contribution in [0.15, 0.2) is 82.6 Å². The molecule has 5 aromatic rings. The maximum atomic E-state index is 13.4. The van der Waals surface area contributed by atoms with Gasteiger partial charge in [0, 0.05) is 29.9 Å². The van der Waals surface area contributed by atoms with Crippen LogP contribution in [0.25, 0.3) is 16.6 Å². The quantitative estimate of drug-likeness (QED) is 0.255. The Labute approximate surface area is 244 Å². The number of aryl methyl sites for hydroxylation is 2. The van der Waals surface area contributed by atoms with Gasteiger partial charge in [0.25, 0.3) is 0 Å². The van der Waals surface area contributed by atoms with Gasteiger partial charge in [-0.15, -0.1) is 0 Å². The lowest BCUT2D eigenvalue weighted by Crippen LogP contribution is -2.39. The minimum absolute atomic E-state index is 0.134. The number of anilines is 1. The third-order valence-electron chi connectivity index (χ3n) is 6.60. The van der Waals surface area contributed by atoms with Crippen LogP contribution in [0.3, 0.4) is 0 Å². The second kappa shape index (κ2) is 12.1. The maximum Gasteiger partial charge on any atom is 0.417 e. The smallest absolute Gasteiger partial charge is 0.417 e. The second-order valence-corrected chi connectivity index (χ2v) is 9.31. The Kier molecular flexibility index (Phi) is 8.10. The minimum atomic E-state index is -0.946. The molecule has 0 fully saturated rings. The lowest BCUT2D eigenvalue weighted by Gasteiger charge is -2.15. The fraction of sp³-hybridized carbons (Fsp3) is 0.161. The van der Waals surface area contributed by atoms with Crippen molar-refractivity contribution in [1.29, 1.82) is 0 Å². The monoisotopic (exact) mass is 586 g/mol. The van der Waals surface area contributed by atoms with E-state index in [2.05, 4.69) is 10.3 Å². The van der Waals surface area contributed by atoms with Crippen molar-refractivity contribution in [1.82, 2.24) is 14.1 Å². The Hall–Kier alpha value is -5.65. The Bertz CT molecular complexity index is 1950. The first kappa shape index (κ1) is 28.9. The average Bonchev–Trinajstić information content (AvgIpc) is 3.00. The molecule has 0 aliphatic heterocycles. The Balaban J connectivity index is 1.37. The molecular weight excluding hydrogens is 559 g/mol. The zero-order valence-corrected chi connectivity index (χ0v) is 23.7. The van der Waals surface area contributed by atoms with Crippen LogP contribution in [0.1, 0.15) is 12.5 Å². The topological polar surface area (TPSA) is 123 Å². The highest BCUT2D eigenvalue weighted by atomic mass is 19.1. The number of nitrogens with one attached hydrogen (secondary N) is 1. The third-order valence-corrected chi connectivity index (χ3v) is 6.60. The van der Waals surface area contributed by atoms with E-state index in [0.717, 1.165) is 22.9 Å². The number of carbonyl (C=O) groups is 1. The van der Waals surface area contributed by atoms with E-state index < -0.39 is 23.2 Å². The summed E-state index contributed by atoms with van der Waals surface area (Å²) >= 11 is 0. The summed E-state index contributed by atoms with van der Waals surface area (Å²) in [7, 11) is 3.09. The van der Waals surface area contributed by atoms with E-state index in [9.17, 15) is 18.8 Å². The molecule has 2 aromatic heterocycles. The van der Waals surface area contributed by atoms with Gasteiger partial charge in [-0.25, -0.2) is 18.5 Å². The van der Waals surface area contributed by atoms with Gasteiger partial charge in [0.05, 0.1) is 31.6 Å². The maximum absolute atomic E-state index is 13.4. The predicted octanol–water partition coefficient (Wildman–Crippen LogP) is 5.44. The molecule has 1 amide bonds. The number of amides is 1. The molecule has 0 radical (unpaired) electrons. The number of rotatable bonds is 8. The van der Waals surface area contributed by atoms with Gasteiger partial charge in [0.1, 0.15) is 17.3 Å². The summed E-state index contributed by atoms with van der Waals surface area (Å²) in [6, 6.07) is 15.1. The van der Waals surface area contributed by atoms with Gasteiger partial charge >= 0.3 is 17.3 Å². The van der Waals surface area contributed by atoms with Crippen molar-refractivity contribution in [3.05, 3.63) is 105 Å². The van der Waals surface area contributed by atoms with Gasteiger partial charge < -0.3 is 18.9 Å². The van der Waals surface area contributed by atoms with Crippen LogP contribution in [-0.4, -0.2) is 34.4 Å². The van der Waals surface area contributed by atoms with Crippen molar-refractivity contribution < 1.29 is 28.1 Å². The molecule has 0 unspecified atom stereocenters. The first-order chi connectivity index (χ1) is 20.7. The second-order valence-electron chi connectivity index (χ2n) is 9.31. The van der Waals surface area contributed by atoms with E-state index in [1.807, 2.05) is 0 Å². The van der Waals surface area contributed by atoms with Crippen molar-refractivity contribution in [2.24, 2.45) is 0 Å². The van der Waals surface area contributed by atoms with E-state index in [-0.39, 0.29) is 18.0 Å². The molecule has 0 atom stereocenters. The molecule has 3 aromatic carbocycles. The minimum Gasteiger partial charge on any atom is -0.493 e. The van der Waals surface area contributed by atoms with Gasteiger partial charge in [-0.05, 0) is 74.0 Å². The standard InChI is InChI=1S/C31H27FN4O7/c1-5-35-17-28(29(37)36(31(35)39)21-9-6-19(32)7-10-21)43-30(38)34-20-8-11-24(18(2)14-20)42-25-12-13-33-23-16-27(41-4)26(40-3)15-22(23)25/h6-17H,5H2,1-4H3,(H,34,38). The predicted molar refractivity (Wildman–Crippen MR) is 158 cm³/mol. The fourth-order valence-corrected chi connectivity index (χ4v) is 4.43. The molecule has 0 spiro atoms. The number of carbonyl (C=O) groups excluding carboxylic acids is 1. The van der Waals surface area contributed by atoms with Gasteiger partial charge in [-0.3, -0.25) is 19.7 Å². The van der Waals surface area contributed by atoms with E-state index in [1.54, 1.807) is 70.7 Å². The van der Waals surface area contributed by atoms with E-state index >= 15 is 0 Å². The van der Waals surface area contributed by atoms with E-state index in [1.165, 1.54) is 16.7 Å². The highest BCUT2D eigenvalue weighted by Gasteiger charge is 2.18. The first-order valence-corrected chi connectivity index (χ1v) is 13.1. The number of aromatic nitrogens is 3. The van der Waals surface area contributed by atoms with Gasteiger partial charge in [0.2, 0.25) is 5.75 Å². The number of methoxy groups -OCH3 is 2. The fourth-order valence-electron chi connectivity index (χ4n) is 4.43. The molecular formula is C31H27FN4O7. The Morgan fingerprint density at radius 2 is 1.63 bits per heavy atom. The zero-order chi connectivity index (χ0) is 30.7. The lowest BCUT2D eigenvalue weighted by atomic mass is 10.1. The molecule has 2 heterocycles. The van der Waals surface area contributed by atoms with E-state index in [0.29, 0.717) is 45.2 Å². The number of nitrogens with zero attached hydrogens (tertiary/aromatic N) is 3. The average molecular weight is 587 g/mol. The van der Waals surface area contributed by atoms with Crippen LogP contribution >= 0.6 is 0 Å². The van der Waals surface area contributed by atoms with Crippen LogP contribution in [0.2, 0.25) is 0 Å². The Morgan fingerprint density at radius 3 is 2.30 bits per heavy atom. The zero-order valence-electron chi connectivity index (χ0n) is 23.7. The number of benzene rings is 3. The lowest BCUT2D eigenvalue weighted by molar-refractivity contribution is 0.214. The van der Waals surface area contributed by atoms with Crippen LogP contribution in [0, 0.1) is 12.7 Å². The van der Waals surface area contributed by atoms with Gasteiger partial charge in [0.15, 0.2) is 11.5 Å². The summed E-state index contributed by atoms with van der Waals surface area (Å²) in [4.78, 5) is 43.1. The molecule has 5 rings (SSSR count). The molecule has 0 aliphatic rings. The first-order valence-electron chi connectivity index (χ1n) is 13.1. The number of ether oxygens (including phenoxy) is 4. The number of halogens is 1. The van der Waals surface area contributed by atoms with Crippen molar-refractivity contribution in [3.63, 3.8) is 0 Å². The van der Waals surface area contributed by atoms with Crippen LogP contribution in [0.4, 0.5) is 14.9 Å². The van der Waals surface area contributed by atoms with Crippen LogP contribution in [0.5, 0.6) is 28.7 Å². The van der Waals surface area contributed by atoms with Crippen LogP contribution < -0.4 is 35.5 Å². The summed E-state index contributed by atoms with van der Waals surface area (Å²) in [5.74, 6) is 1.23. The van der Waals surface area contributed by atoms with Crippen molar-refractivity contribution in [2.45, 2.75) is 20.4 Å². The molecule has 0 aliphatic carbocycles. The normalized spacial score (nSPS) is 10.8. The van der Waals surface area contributed by atoms with Crippen molar-refractivity contribution in [2.75, 3.05) is 19.5 Å². The molecule has 1 N–H and O–H groups in total. The largest absolute Gasteiger partial charge is 0.493 e. The van der Waals surface area contributed by atoms with Crippen molar-refractivity contribution in [3.8, 4) is 34.4 Å². The molecule has 220 valence electrons. The Morgan fingerprint density at radius 1 is 0.907 bits per heavy atom. The number of pyridine rings is 1. The SMILES string of the molecule is CCn1cc(OC(=O)Nc2ccc(Oc3ccnc4cc(OC)c(OC)cc34)c(C)c2)c(=O)n(-c2ccc(F)cc2)c1=O.